The van der Waals surface area contributed by atoms with Crippen molar-refractivity contribution in [2.45, 2.75) is 11.4 Å². The number of nitrogens with zero attached hydrogens (tertiary/aromatic N) is 1. The van der Waals surface area contributed by atoms with Crippen molar-refractivity contribution in [3.8, 4) is 0 Å². The first-order valence-corrected chi connectivity index (χ1v) is 7.08. The Morgan fingerprint density at radius 3 is 2.70 bits per heavy atom. The minimum absolute atomic E-state index is 0.0102. The number of anilines is 1. The molecule has 0 fully saturated rings. The van der Waals surface area contributed by atoms with E-state index in [2.05, 4.69) is 0 Å². The highest BCUT2D eigenvalue weighted by Crippen LogP contribution is 2.14. The molecule has 2 aromatic rings. The molecule has 0 spiro atoms. The van der Waals surface area contributed by atoms with Crippen LogP contribution in [-0.2, 0) is 17.3 Å². The average Bonchev–Trinajstić information content (AvgIpc) is 2.42. The van der Waals surface area contributed by atoms with Crippen molar-refractivity contribution in [3.63, 3.8) is 0 Å². The Morgan fingerprint density at radius 2 is 1.95 bits per heavy atom. The van der Waals surface area contributed by atoms with Gasteiger partial charge in [-0.15, -0.1) is 0 Å². The van der Waals surface area contributed by atoms with Crippen molar-refractivity contribution in [1.82, 2.24) is 4.57 Å². The molecular formula is C13H12F2N2O2S. The van der Waals surface area contributed by atoms with Crippen LogP contribution >= 0.6 is 0 Å². The number of hydrogen-bond donors (Lipinski definition) is 1. The summed E-state index contributed by atoms with van der Waals surface area (Å²) in [6, 6.07) is 5.53. The molecule has 0 aliphatic carbocycles. The van der Waals surface area contributed by atoms with E-state index in [9.17, 15) is 17.8 Å². The molecule has 1 heterocycles. The summed E-state index contributed by atoms with van der Waals surface area (Å²) in [4.78, 5) is 11.3. The van der Waals surface area contributed by atoms with Crippen molar-refractivity contribution in [3.05, 3.63) is 58.5 Å². The Labute approximate surface area is 116 Å². The van der Waals surface area contributed by atoms with E-state index in [1.54, 1.807) is 0 Å². The Balaban J connectivity index is 2.14. The number of hydrogen-bond acceptors (Lipinski definition) is 3. The van der Waals surface area contributed by atoms with E-state index < -0.39 is 22.4 Å². The summed E-state index contributed by atoms with van der Waals surface area (Å²) in [5.41, 5.74) is 5.64. The Bertz CT molecular complexity index is 716. The van der Waals surface area contributed by atoms with E-state index in [0.717, 1.165) is 18.2 Å². The predicted octanol–water partition coefficient (Wildman–Crippen LogP) is 1.52. The summed E-state index contributed by atoms with van der Waals surface area (Å²) >= 11 is 0. The molecule has 106 valence electrons. The molecule has 0 aliphatic heterocycles. The van der Waals surface area contributed by atoms with Gasteiger partial charge in [-0.1, -0.05) is 0 Å². The molecule has 1 atom stereocenters. The monoisotopic (exact) mass is 298 g/mol. The van der Waals surface area contributed by atoms with Crippen LogP contribution < -0.4 is 11.3 Å². The van der Waals surface area contributed by atoms with Gasteiger partial charge >= 0.3 is 0 Å². The minimum Gasteiger partial charge on any atom is -0.398 e. The van der Waals surface area contributed by atoms with E-state index in [0.29, 0.717) is 5.69 Å². The highest BCUT2D eigenvalue weighted by Gasteiger charge is 2.11. The molecule has 20 heavy (non-hydrogen) atoms. The molecular weight excluding hydrogens is 286 g/mol. The number of nitrogens with two attached hydrogens (primary N) is 1. The van der Waals surface area contributed by atoms with Gasteiger partial charge in [0.15, 0.2) is 0 Å². The van der Waals surface area contributed by atoms with Gasteiger partial charge in [-0.25, -0.2) is 8.78 Å². The van der Waals surface area contributed by atoms with Gasteiger partial charge in [0.1, 0.15) is 11.6 Å². The number of rotatable bonds is 4. The summed E-state index contributed by atoms with van der Waals surface area (Å²) < 4.78 is 39.7. The van der Waals surface area contributed by atoms with Gasteiger partial charge < -0.3 is 10.3 Å². The van der Waals surface area contributed by atoms with Crippen LogP contribution in [0.2, 0.25) is 0 Å². The third-order valence-corrected chi connectivity index (χ3v) is 4.02. The maximum Gasteiger partial charge on any atom is 0.250 e. The molecule has 0 aliphatic rings. The van der Waals surface area contributed by atoms with Gasteiger partial charge in [0.25, 0.3) is 5.56 Å². The molecule has 1 unspecified atom stereocenters. The Morgan fingerprint density at radius 1 is 1.20 bits per heavy atom. The Hall–Kier alpha value is -2.02. The standard InChI is InChI=1S/C13H12F2N2O2S/c14-9-1-3-11(15)12(7-9)20(19)6-5-17-8-10(16)2-4-13(17)18/h1-4,7-8H,5-6,16H2. The van der Waals surface area contributed by atoms with Gasteiger partial charge in [0, 0.05) is 30.2 Å². The fourth-order valence-corrected chi connectivity index (χ4v) is 2.78. The third-order valence-electron chi connectivity index (χ3n) is 2.66. The van der Waals surface area contributed by atoms with Crippen molar-refractivity contribution in [2.24, 2.45) is 0 Å². The van der Waals surface area contributed by atoms with Crippen LogP contribution in [0.25, 0.3) is 0 Å². The highest BCUT2D eigenvalue weighted by atomic mass is 32.2. The molecule has 0 amide bonds. The summed E-state index contributed by atoms with van der Waals surface area (Å²) in [5.74, 6) is -1.40. The van der Waals surface area contributed by atoms with E-state index in [-0.39, 0.29) is 22.8 Å². The first kappa shape index (κ1) is 14.4. The summed E-state index contributed by atoms with van der Waals surface area (Å²) in [5, 5.41) is 0. The maximum atomic E-state index is 13.4. The number of benzene rings is 1. The third kappa shape index (κ3) is 3.30. The van der Waals surface area contributed by atoms with Gasteiger partial charge in [-0.2, -0.15) is 0 Å². The van der Waals surface area contributed by atoms with Crippen LogP contribution in [0.15, 0.2) is 46.2 Å². The fraction of sp³-hybridized carbons (Fsp3) is 0.154. The normalized spacial score (nSPS) is 12.3. The molecule has 0 saturated heterocycles. The second-order valence-electron chi connectivity index (χ2n) is 4.12. The molecule has 1 aromatic carbocycles. The number of pyridine rings is 1. The zero-order valence-electron chi connectivity index (χ0n) is 10.4. The van der Waals surface area contributed by atoms with Crippen molar-refractivity contribution in [2.75, 3.05) is 11.5 Å². The summed E-state index contributed by atoms with van der Waals surface area (Å²) in [6.45, 7) is 0.104. The number of aromatic nitrogens is 1. The van der Waals surface area contributed by atoms with Gasteiger partial charge in [-0.3, -0.25) is 9.00 Å². The van der Waals surface area contributed by atoms with Gasteiger partial charge in [-0.05, 0) is 24.3 Å². The van der Waals surface area contributed by atoms with Crippen LogP contribution in [0.4, 0.5) is 14.5 Å². The van der Waals surface area contributed by atoms with Gasteiger partial charge in [0.2, 0.25) is 0 Å². The summed E-state index contributed by atoms with van der Waals surface area (Å²) in [6.07, 6.45) is 1.42. The van der Waals surface area contributed by atoms with Crippen molar-refractivity contribution in [1.29, 1.82) is 0 Å². The molecule has 4 nitrogen and oxygen atoms in total. The predicted molar refractivity (Wildman–Crippen MR) is 72.7 cm³/mol. The molecule has 0 bridgehead atoms. The number of halogens is 2. The van der Waals surface area contributed by atoms with Crippen LogP contribution in [0.3, 0.4) is 0 Å². The molecule has 7 heteroatoms. The van der Waals surface area contributed by atoms with E-state index >= 15 is 0 Å². The van der Waals surface area contributed by atoms with Crippen LogP contribution in [0.5, 0.6) is 0 Å². The van der Waals surface area contributed by atoms with E-state index in [1.807, 2.05) is 0 Å². The quantitative estimate of drug-likeness (QED) is 0.930. The lowest BCUT2D eigenvalue weighted by molar-refractivity contribution is 0.571. The minimum atomic E-state index is -1.74. The molecule has 2 N–H and O–H groups in total. The highest BCUT2D eigenvalue weighted by molar-refractivity contribution is 7.85. The number of nitrogen functional groups attached to an aromatic ring is 1. The smallest absolute Gasteiger partial charge is 0.250 e. The first-order chi connectivity index (χ1) is 9.47. The summed E-state index contributed by atoms with van der Waals surface area (Å²) in [7, 11) is -1.74. The van der Waals surface area contributed by atoms with Crippen LogP contribution in [0, 0.1) is 11.6 Å². The second-order valence-corrected chi connectivity index (χ2v) is 5.66. The lowest BCUT2D eigenvalue weighted by Crippen LogP contribution is -2.22. The topological polar surface area (TPSA) is 65.1 Å². The lowest BCUT2D eigenvalue weighted by atomic mass is 10.3. The van der Waals surface area contributed by atoms with Gasteiger partial charge in [0.05, 0.1) is 15.7 Å². The second kappa shape index (κ2) is 5.96. The maximum absolute atomic E-state index is 13.4. The Kier molecular flexibility index (Phi) is 4.29. The molecule has 2 rings (SSSR count). The average molecular weight is 298 g/mol. The van der Waals surface area contributed by atoms with Crippen LogP contribution in [-0.4, -0.2) is 14.5 Å². The molecule has 1 aromatic heterocycles. The van der Waals surface area contributed by atoms with Crippen LogP contribution in [0.1, 0.15) is 0 Å². The first-order valence-electron chi connectivity index (χ1n) is 5.77. The molecule has 0 saturated carbocycles. The fourth-order valence-electron chi connectivity index (χ4n) is 1.67. The molecule has 0 radical (unpaired) electrons. The zero-order chi connectivity index (χ0) is 14.7. The number of aryl methyl sites for hydroxylation is 1. The zero-order valence-corrected chi connectivity index (χ0v) is 11.2. The largest absolute Gasteiger partial charge is 0.398 e. The van der Waals surface area contributed by atoms with E-state index in [4.69, 9.17) is 5.73 Å². The van der Waals surface area contributed by atoms with E-state index in [1.165, 1.54) is 22.9 Å². The lowest BCUT2D eigenvalue weighted by Gasteiger charge is -2.07. The SMILES string of the molecule is Nc1ccc(=O)n(CCS(=O)c2cc(F)ccc2F)c1. The van der Waals surface area contributed by atoms with Crippen molar-refractivity contribution >= 4 is 16.5 Å². The van der Waals surface area contributed by atoms with Crippen molar-refractivity contribution < 1.29 is 13.0 Å².